The average Bonchev–Trinajstić information content (AvgIpc) is 2.95. The lowest BCUT2D eigenvalue weighted by atomic mass is 10.0. The first-order valence-corrected chi connectivity index (χ1v) is 9.08. The second-order valence-electron chi connectivity index (χ2n) is 6.23. The minimum atomic E-state index is -0.468. The summed E-state index contributed by atoms with van der Waals surface area (Å²) in [4.78, 5) is 10.3. The number of rotatable bonds is 4. The number of hydrogen-bond acceptors (Lipinski definition) is 3. The summed E-state index contributed by atoms with van der Waals surface area (Å²) in [6.45, 7) is 3.91. The Bertz CT molecular complexity index is 1140. The van der Waals surface area contributed by atoms with E-state index in [0.717, 1.165) is 22.6 Å². The highest BCUT2D eigenvalue weighted by Gasteiger charge is 2.13. The number of hydrogen-bond donors (Lipinski definition) is 0. The van der Waals surface area contributed by atoms with Crippen LogP contribution in [0.3, 0.4) is 0 Å². The summed E-state index contributed by atoms with van der Waals surface area (Å²) in [5.74, 6) is 0. The van der Waals surface area contributed by atoms with Crippen molar-refractivity contribution in [3.63, 3.8) is 0 Å². The summed E-state index contributed by atoms with van der Waals surface area (Å²) in [6.07, 6.45) is 1.78. The third-order valence-electron chi connectivity index (χ3n) is 4.44. The van der Waals surface area contributed by atoms with Crippen LogP contribution >= 0.6 is 23.2 Å². The lowest BCUT2D eigenvalue weighted by molar-refractivity contribution is -0.384. The van der Waals surface area contributed by atoms with E-state index in [9.17, 15) is 15.4 Å². The largest absolute Gasteiger partial charge is 0.318 e. The maximum absolute atomic E-state index is 10.8. The molecule has 0 saturated heterocycles. The molecule has 0 aliphatic carbocycles. The summed E-state index contributed by atoms with van der Waals surface area (Å²) in [7, 11) is 0. The molecule has 140 valence electrons. The number of benzene rings is 2. The molecule has 2 aromatic carbocycles. The van der Waals surface area contributed by atoms with Gasteiger partial charge in [-0.2, -0.15) is 5.26 Å². The second-order valence-corrected chi connectivity index (χ2v) is 7.05. The molecule has 0 unspecified atom stereocenters. The maximum atomic E-state index is 10.8. The molecule has 0 fully saturated rings. The average molecular weight is 412 g/mol. The molecular weight excluding hydrogens is 397 g/mol. The number of nitro benzene ring substituents is 1. The Morgan fingerprint density at radius 3 is 2.36 bits per heavy atom. The van der Waals surface area contributed by atoms with Gasteiger partial charge in [-0.05, 0) is 67.4 Å². The first-order chi connectivity index (χ1) is 13.3. The molecular formula is C21H15Cl2N3O2. The highest BCUT2D eigenvalue weighted by atomic mass is 35.5. The zero-order valence-corrected chi connectivity index (χ0v) is 16.6. The summed E-state index contributed by atoms with van der Waals surface area (Å²) in [5.41, 5.74) is 4.68. The third kappa shape index (κ3) is 3.79. The summed E-state index contributed by atoms with van der Waals surface area (Å²) in [5, 5.41) is 21.3. The Morgan fingerprint density at radius 2 is 1.79 bits per heavy atom. The second kappa shape index (κ2) is 7.89. The SMILES string of the molecule is Cc1cc(/C=C(\C#N)c2ccc([N+](=O)[O-])cc2)c(C)n1-c1ccc(Cl)c(Cl)c1. The monoisotopic (exact) mass is 411 g/mol. The van der Waals surface area contributed by atoms with Crippen molar-refractivity contribution in [2.45, 2.75) is 13.8 Å². The van der Waals surface area contributed by atoms with E-state index in [1.54, 1.807) is 30.3 Å². The molecule has 0 N–H and O–H groups in total. The van der Waals surface area contributed by atoms with Crippen molar-refractivity contribution in [1.82, 2.24) is 4.57 Å². The van der Waals surface area contributed by atoms with Crippen LogP contribution < -0.4 is 0 Å². The first-order valence-electron chi connectivity index (χ1n) is 8.33. The molecule has 0 atom stereocenters. The number of nitrogens with zero attached hydrogens (tertiary/aromatic N) is 3. The number of nitriles is 1. The van der Waals surface area contributed by atoms with Crippen molar-refractivity contribution in [2.24, 2.45) is 0 Å². The van der Waals surface area contributed by atoms with E-state index < -0.39 is 4.92 Å². The van der Waals surface area contributed by atoms with Gasteiger partial charge in [0.25, 0.3) is 5.69 Å². The Kier molecular flexibility index (Phi) is 5.55. The molecule has 0 radical (unpaired) electrons. The number of aromatic nitrogens is 1. The van der Waals surface area contributed by atoms with E-state index in [-0.39, 0.29) is 5.69 Å². The minimum absolute atomic E-state index is 0.0150. The maximum Gasteiger partial charge on any atom is 0.269 e. The first kappa shape index (κ1) is 19.7. The predicted molar refractivity (Wildman–Crippen MR) is 112 cm³/mol. The summed E-state index contributed by atoms with van der Waals surface area (Å²) >= 11 is 12.2. The van der Waals surface area contributed by atoms with Crippen LogP contribution in [-0.4, -0.2) is 9.49 Å². The molecule has 3 rings (SSSR count). The van der Waals surface area contributed by atoms with Gasteiger partial charge in [-0.15, -0.1) is 0 Å². The Hall–Kier alpha value is -3.07. The normalized spacial score (nSPS) is 11.3. The molecule has 0 aliphatic rings. The highest BCUT2D eigenvalue weighted by Crippen LogP contribution is 2.29. The van der Waals surface area contributed by atoms with Gasteiger partial charge in [-0.1, -0.05) is 23.2 Å². The van der Waals surface area contributed by atoms with E-state index in [0.29, 0.717) is 21.2 Å². The van der Waals surface area contributed by atoms with Crippen LogP contribution in [0.5, 0.6) is 0 Å². The summed E-state index contributed by atoms with van der Waals surface area (Å²) < 4.78 is 2.03. The molecule has 0 aliphatic heterocycles. The molecule has 5 nitrogen and oxygen atoms in total. The van der Waals surface area contributed by atoms with Crippen molar-refractivity contribution in [3.8, 4) is 11.8 Å². The van der Waals surface area contributed by atoms with E-state index in [1.165, 1.54) is 12.1 Å². The van der Waals surface area contributed by atoms with E-state index in [4.69, 9.17) is 23.2 Å². The van der Waals surface area contributed by atoms with Gasteiger partial charge in [0.05, 0.1) is 26.6 Å². The molecule has 1 aromatic heterocycles. The number of allylic oxidation sites excluding steroid dienone is 1. The smallest absolute Gasteiger partial charge is 0.269 e. The standard InChI is InChI=1S/C21H15Cl2N3O2/c1-13-9-16(14(2)25(13)19-7-8-20(22)21(23)11-19)10-17(12-24)15-3-5-18(6-4-15)26(27)28/h3-11H,1-2H3/b17-10+. The fourth-order valence-electron chi connectivity index (χ4n) is 3.05. The lowest BCUT2D eigenvalue weighted by Gasteiger charge is -2.10. The number of aryl methyl sites for hydroxylation is 1. The third-order valence-corrected chi connectivity index (χ3v) is 5.18. The van der Waals surface area contributed by atoms with Gasteiger partial charge >= 0.3 is 0 Å². The van der Waals surface area contributed by atoms with Gasteiger partial charge < -0.3 is 4.57 Å². The van der Waals surface area contributed by atoms with Gasteiger partial charge in [0, 0.05) is 29.2 Å². The fraction of sp³-hybridized carbons (Fsp3) is 0.0952. The Balaban J connectivity index is 2.05. The van der Waals surface area contributed by atoms with Crippen LogP contribution in [0.4, 0.5) is 5.69 Å². The van der Waals surface area contributed by atoms with Gasteiger partial charge in [0.2, 0.25) is 0 Å². The molecule has 0 bridgehead atoms. The highest BCUT2D eigenvalue weighted by molar-refractivity contribution is 6.42. The van der Waals surface area contributed by atoms with E-state index in [1.807, 2.05) is 30.5 Å². The van der Waals surface area contributed by atoms with Gasteiger partial charge in [-0.3, -0.25) is 10.1 Å². The number of halogens is 2. The molecule has 0 saturated carbocycles. The molecule has 28 heavy (non-hydrogen) atoms. The molecule has 3 aromatic rings. The fourth-order valence-corrected chi connectivity index (χ4v) is 3.35. The summed E-state index contributed by atoms with van der Waals surface area (Å²) in [6, 6.07) is 15.5. The molecule has 0 spiro atoms. The van der Waals surface area contributed by atoms with Gasteiger partial charge in [0.15, 0.2) is 0 Å². The van der Waals surface area contributed by atoms with Crippen LogP contribution in [0.15, 0.2) is 48.5 Å². The van der Waals surface area contributed by atoms with Crippen molar-refractivity contribution in [1.29, 1.82) is 5.26 Å². The molecule has 0 amide bonds. The lowest BCUT2D eigenvalue weighted by Crippen LogP contribution is -1.99. The predicted octanol–water partition coefficient (Wildman–Crippen LogP) is 6.37. The van der Waals surface area contributed by atoms with E-state index in [2.05, 4.69) is 6.07 Å². The number of nitro groups is 1. The zero-order valence-electron chi connectivity index (χ0n) is 15.1. The number of non-ortho nitro benzene ring substituents is 1. The quantitative estimate of drug-likeness (QED) is 0.284. The van der Waals surface area contributed by atoms with Crippen molar-refractivity contribution in [3.05, 3.63) is 91.2 Å². The van der Waals surface area contributed by atoms with Crippen molar-refractivity contribution >= 4 is 40.5 Å². The topological polar surface area (TPSA) is 71.9 Å². The Morgan fingerprint density at radius 1 is 1.11 bits per heavy atom. The Labute approximate surface area is 172 Å². The van der Waals surface area contributed by atoms with Crippen molar-refractivity contribution < 1.29 is 4.92 Å². The van der Waals surface area contributed by atoms with Crippen LogP contribution in [0, 0.1) is 35.3 Å². The van der Waals surface area contributed by atoms with Crippen LogP contribution in [0.25, 0.3) is 17.3 Å². The van der Waals surface area contributed by atoms with Gasteiger partial charge in [-0.25, -0.2) is 0 Å². The van der Waals surface area contributed by atoms with Gasteiger partial charge in [0.1, 0.15) is 0 Å². The minimum Gasteiger partial charge on any atom is -0.318 e. The zero-order chi connectivity index (χ0) is 20.4. The van der Waals surface area contributed by atoms with Crippen LogP contribution in [0.2, 0.25) is 10.0 Å². The van der Waals surface area contributed by atoms with E-state index >= 15 is 0 Å². The molecule has 1 heterocycles. The van der Waals surface area contributed by atoms with Crippen molar-refractivity contribution in [2.75, 3.05) is 0 Å². The van der Waals surface area contributed by atoms with Crippen LogP contribution in [0.1, 0.15) is 22.5 Å². The molecule has 7 heteroatoms. The van der Waals surface area contributed by atoms with Crippen LogP contribution in [-0.2, 0) is 0 Å².